The van der Waals surface area contributed by atoms with E-state index in [0.29, 0.717) is 39.6 Å². The Hall–Kier alpha value is 0.108. The molecule has 1 radical (unpaired) electrons. The van der Waals surface area contributed by atoms with Gasteiger partial charge in [0, 0.05) is 22.5 Å². The van der Waals surface area contributed by atoms with Crippen LogP contribution in [0.3, 0.4) is 0 Å². The summed E-state index contributed by atoms with van der Waals surface area (Å²) < 4.78 is 27.4. The average molecular weight is 574 g/mol. The molecule has 0 atom stereocenters. The second-order valence-corrected chi connectivity index (χ2v) is 41.3. The van der Waals surface area contributed by atoms with Crippen molar-refractivity contribution in [2.75, 3.05) is 40.6 Å². The van der Waals surface area contributed by atoms with E-state index in [0.717, 1.165) is 0 Å². The molecular formula is C24H45O4S2Si4. The first-order valence-corrected chi connectivity index (χ1v) is 27.2. The molecule has 4 nitrogen and oxygen atoms in total. The maximum absolute atomic E-state index is 6.10. The predicted octanol–water partition coefficient (Wildman–Crippen LogP) is 4.49. The molecule has 34 heavy (non-hydrogen) atoms. The van der Waals surface area contributed by atoms with Crippen molar-refractivity contribution in [3.05, 3.63) is 28.6 Å². The molecule has 0 unspecified atom stereocenters. The molecule has 2 aromatic rings. The highest BCUT2D eigenvalue weighted by atomic mass is 32.1. The van der Waals surface area contributed by atoms with E-state index in [1.807, 2.05) is 11.3 Å². The lowest BCUT2D eigenvalue weighted by Crippen LogP contribution is -2.69. The Balaban J connectivity index is 2.44. The van der Waals surface area contributed by atoms with Gasteiger partial charge in [0.25, 0.3) is 0 Å². The second kappa shape index (κ2) is 13.1. The summed E-state index contributed by atoms with van der Waals surface area (Å²) >= 11 is 4.09. The van der Waals surface area contributed by atoms with Crippen LogP contribution in [0.5, 0.6) is 0 Å². The van der Waals surface area contributed by atoms with E-state index in [1.54, 1.807) is 27.7 Å². The van der Waals surface area contributed by atoms with Crippen LogP contribution in [-0.4, -0.2) is 71.7 Å². The molecule has 2 rings (SSSR count). The lowest BCUT2D eigenvalue weighted by Gasteiger charge is -2.38. The summed E-state index contributed by atoms with van der Waals surface area (Å²) in [6.45, 7) is 24.5. The van der Waals surface area contributed by atoms with E-state index in [9.17, 15) is 0 Å². The first-order valence-electron chi connectivity index (χ1n) is 12.1. The average Bonchev–Trinajstić information content (AvgIpc) is 3.42. The SMILES string of the molecule is COCCOCc1ccsc1[Si](C)(C)[Si](C)(C)c1sc([Si](C)(C)[Si](C)C)cc1COCCOC. The van der Waals surface area contributed by atoms with Gasteiger partial charge in [0.2, 0.25) is 0 Å². The van der Waals surface area contributed by atoms with Crippen molar-refractivity contribution in [1.29, 1.82) is 0 Å². The fourth-order valence-corrected chi connectivity index (χ4v) is 27.5. The fraction of sp³-hybridized carbons (Fsp3) is 0.667. The van der Waals surface area contributed by atoms with E-state index >= 15 is 0 Å². The van der Waals surface area contributed by atoms with Gasteiger partial charge < -0.3 is 18.9 Å². The lowest BCUT2D eigenvalue weighted by molar-refractivity contribution is 0.0621. The fourth-order valence-electron chi connectivity index (χ4n) is 3.83. The first-order chi connectivity index (χ1) is 15.9. The molecule has 0 N–H and O–H groups in total. The molecule has 0 aromatic carbocycles. The van der Waals surface area contributed by atoms with Crippen LogP contribution in [0.15, 0.2) is 17.5 Å². The summed E-state index contributed by atoms with van der Waals surface area (Å²) in [6.07, 6.45) is 0. The van der Waals surface area contributed by atoms with E-state index in [4.69, 9.17) is 18.9 Å². The van der Waals surface area contributed by atoms with Gasteiger partial charge in [0.15, 0.2) is 0 Å². The molecule has 2 aromatic heterocycles. The monoisotopic (exact) mass is 573 g/mol. The molecule has 0 spiro atoms. The van der Waals surface area contributed by atoms with Gasteiger partial charge in [-0.1, -0.05) is 52.4 Å². The highest BCUT2D eigenvalue weighted by molar-refractivity contribution is 7.60. The molecule has 0 saturated heterocycles. The predicted molar refractivity (Wildman–Crippen MR) is 161 cm³/mol. The Morgan fingerprint density at radius 3 is 1.82 bits per heavy atom. The quantitative estimate of drug-likeness (QED) is 0.232. The van der Waals surface area contributed by atoms with Crippen LogP contribution >= 0.6 is 22.7 Å². The van der Waals surface area contributed by atoms with Crippen molar-refractivity contribution < 1.29 is 18.9 Å². The smallest absolute Gasteiger partial charge is 0.0932 e. The number of methoxy groups -OCH3 is 2. The third-order valence-electron chi connectivity index (χ3n) is 7.50. The highest BCUT2D eigenvalue weighted by Gasteiger charge is 2.48. The normalized spacial score (nSPS) is 13.3. The van der Waals surface area contributed by atoms with Gasteiger partial charge in [0.05, 0.1) is 62.4 Å². The first kappa shape index (κ1) is 30.3. The number of ether oxygens (including phenoxy) is 4. The third kappa shape index (κ3) is 6.90. The molecule has 0 amide bonds. The summed E-state index contributed by atoms with van der Waals surface area (Å²) in [6, 6.07) is 4.82. The van der Waals surface area contributed by atoms with Crippen LogP contribution in [0.1, 0.15) is 11.1 Å². The number of thiophene rings is 2. The highest BCUT2D eigenvalue weighted by Crippen LogP contribution is 2.27. The minimum atomic E-state index is -1.79. The van der Waals surface area contributed by atoms with E-state index in [-0.39, 0.29) is 8.31 Å². The molecule has 0 aliphatic heterocycles. The Bertz CT molecular complexity index is 893. The Kier molecular flexibility index (Phi) is 11.7. The van der Waals surface area contributed by atoms with E-state index in [2.05, 4.69) is 81.2 Å². The van der Waals surface area contributed by atoms with Gasteiger partial charge in [-0.2, -0.15) is 22.7 Å². The molecule has 0 saturated carbocycles. The topological polar surface area (TPSA) is 36.9 Å². The van der Waals surface area contributed by atoms with Crippen molar-refractivity contribution in [3.8, 4) is 0 Å². The van der Waals surface area contributed by atoms with Crippen LogP contribution in [0.2, 0.25) is 52.4 Å². The van der Waals surface area contributed by atoms with E-state index in [1.165, 1.54) is 11.1 Å². The summed E-state index contributed by atoms with van der Waals surface area (Å²) in [4.78, 5) is 0. The van der Waals surface area contributed by atoms with Gasteiger partial charge in [-0.05, 0) is 42.1 Å². The maximum atomic E-state index is 6.10. The van der Waals surface area contributed by atoms with Gasteiger partial charge in [-0.25, -0.2) is 0 Å². The Morgan fingerprint density at radius 2 is 1.29 bits per heavy atom. The molecule has 0 bridgehead atoms. The minimum absolute atomic E-state index is 0.348. The van der Waals surface area contributed by atoms with Crippen LogP contribution in [0.4, 0.5) is 0 Å². The summed E-state index contributed by atoms with van der Waals surface area (Å²) in [5.74, 6) is 0. The van der Waals surface area contributed by atoms with Crippen LogP contribution in [0.25, 0.3) is 0 Å². The van der Waals surface area contributed by atoms with Crippen molar-refractivity contribution in [2.24, 2.45) is 0 Å². The molecule has 0 aliphatic carbocycles. The standard InChI is InChI=1S/C24H45O4S2Si4/c1-25-12-14-27-18-20-11-16-29-23(20)33(7,8)34(9,10)24-21(19-28-15-13-26-2)17-22(30-24)32(5,6)31(3)4/h11,16-17H,12-15,18-19H2,1-10H3. The zero-order valence-corrected chi connectivity index (χ0v) is 28.6. The summed E-state index contributed by atoms with van der Waals surface area (Å²) in [5, 5.41) is 2.26. The van der Waals surface area contributed by atoms with Gasteiger partial charge in [-0.3, -0.25) is 0 Å². The third-order valence-corrected chi connectivity index (χ3v) is 45.4. The molecule has 2 heterocycles. The Morgan fingerprint density at radius 1 is 0.765 bits per heavy atom. The molecule has 0 aliphatic rings. The Labute approximate surface area is 220 Å². The molecule has 0 fully saturated rings. The van der Waals surface area contributed by atoms with E-state index < -0.39 is 22.8 Å². The second-order valence-electron chi connectivity index (χ2n) is 10.7. The number of hydrogen-bond acceptors (Lipinski definition) is 6. The molecule has 193 valence electrons. The summed E-state index contributed by atoms with van der Waals surface area (Å²) in [7, 11) is -1.86. The number of rotatable bonds is 15. The zero-order chi connectivity index (χ0) is 25.6. The van der Waals surface area contributed by atoms with Gasteiger partial charge in [0.1, 0.15) is 0 Å². The zero-order valence-electron chi connectivity index (χ0n) is 22.9. The van der Waals surface area contributed by atoms with Gasteiger partial charge in [-0.15, -0.1) is 0 Å². The van der Waals surface area contributed by atoms with Crippen molar-refractivity contribution >= 4 is 67.3 Å². The number of hydrogen-bond donors (Lipinski definition) is 0. The summed E-state index contributed by atoms with van der Waals surface area (Å²) in [5.41, 5.74) is 2.84. The van der Waals surface area contributed by atoms with Crippen LogP contribution in [-0.2, 0) is 32.2 Å². The molecule has 10 heteroatoms. The van der Waals surface area contributed by atoms with Crippen molar-refractivity contribution in [2.45, 2.75) is 65.6 Å². The van der Waals surface area contributed by atoms with Crippen molar-refractivity contribution in [3.63, 3.8) is 0 Å². The van der Waals surface area contributed by atoms with Crippen LogP contribution < -0.4 is 13.5 Å². The van der Waals surface area contributed by atoms with Crippen LogP contribution in [0, 0.1) is 0 Å². The lowest BCUT2D eigenvalue weighted by atomic mass is 10.4. The maximum Gasteiger partial charge on any atom is 0.0932 e. The van der Waals surface area contributed by atoms with Gasteiger partial charge >= 0.3 is 0 Å². The largest absolute Gasteiger partial charge is 0.382 e. The minimum Gasteiger partial charge on any atom is -0.382 e. The molecular weight excluding hydrogens is 529 g/mol. The van der Waals surface area contributed by atoms with Crippen molar-refractivity contribution in [1.82, 2.24) is 0 Å².